The molecule has 0 aromatic heterocycles. The first kappa shape index (κ1) is 15.4. The summed E-state index contributed by atoms with van der Waals surface area (Å²) >= 11 is 0. The highest BCUT2D eigenvalue weighted by atomic mass is 19.1. The molecule has 5 nitrogen and oxygen atoms in total. The molecule has 0 unspecified atom stereocenters. The van der Waals surface area contributed by atoms with Crippen molar-refractivity contribution >= 4 is 5.91 Å². The Morgan fingerprint density at radius 1 is 1.38 bits per heavy atom. The van der Waals surface area contributed by atoms with Gasteiger partial charge in [0.25, 0.3) is 5.91 Å². The standard InChI is InChI=1S/C18H19FN2O3/c19-18(5-6-18)17(22)21-8-15-13(11-24-16(15)9-21)10-23-14-3-1-12(7-20)2-4-14/h1-4,13,15-16H,5-6,8-11H2/t13-,15-,16-/m1/s1. The number of ether oxygens (including phenoxy) is 2. The Labute approximate surface area is 139 Å². The van der Waals surface area contributed by atoms with E-state index in [1.807, 2.05) is 0 Å². The number of carbonyl (C=O) groups excluding carboxylic acids is 1. The van der Waals surface area contributed by atoms with Crippen molar-refractivity contribution in [3.63, 3.8) is 0 Å². The fraction of sp³-hybridized carbons (Fsp3) is 0.556. The van der Waals surface area contributed by atoms with Crippen LogP contribution >= 0.6 is 0 Å². The molecule has 1 aromatic carbocycles. The van der Waals surface area contributed by atoms with Gasteiger partial charge in [0.15, 0.2) is 5.67 Å². The van der Waals surface area contributed by atoms with Crippen molar-refractivity contribution in [3.05, 3.63) is 29.8 Å². The Morgan fingerprint density at radius 2 is 2.12 bits per heavy atom. The van der Waals surface area contributed by atoms with Crippen molar-refractivity contribution in [2.75, 3.05) is 26.3 Å². The van der Waals surface area contributed by atoms with Crippen LogP contribution < -0.4 is 4.74 Å². The van der Waals surface area contributed by atoms with Gasteiger partial charge in [-0.05, 0) is 37.1 Å². The average molecular weight is 330 g/mol. The van der Waals surface area contributed by atoms with Crippen LogP contribution in [0.3, 0.4) is 0 Å². The van der Waals surface area contributed by atoms with Gasteiger partial charge in [-0.2, -0.15) is 5.26 Å². The Bertz CT molecular complexity index is 680. The van der Waals surface area contributed by atoms with Crippen LogP contribution in [0.2, 0.25) is 0 Å². The Morgan fingerprint density at radius 3 is 2.79 bits per heavy atom. The van der Waals surface area contributed by atoms with Crippen molar-refractivity contribution in [2.45, 2.75) is 24.6 Å². The van der Waals surface area contributed by atoms with Crippen LogP contribution in [0.5, 0.6) is 5.75 Å². The third-order valence-corrected chi connectivity index (χ3v) is 5.25. The zero-order chi connectivity index (χ0) is 16.7. The van der Waals surface area contributed by atoms with E-state index in [1.54, 1.807) is 29.2 Å². The first-order valence-electron chi connectivity index (χ1n) is 8.32. The molecule has 3 atom stereocenters. The number of halogens is 1. The van der Waals surface area contributed by atoms with Crippen LogP contribution in [0.4, 0.5) is 4.39 Å². The van der Waals surface area contributed by atoms with E-state index in [0.29, 0.717) is 50.5 Å². The van der Waals surface area contributed by atoms with E-state index >= 15 is 0 Å². The second-order valence-corrected chi connectivity index (χ2v) is 6.92. The summed E-state index contributed by atoms with van der Waals surface area (Å²) in [7, 11) is 0. The molecule has 6 heteroatoms. The summed E-state index contributed by atoms with van der Waals surface area (Å²) in [5, 5.41) is 8.80. The third kappa shape index (κ3) is 2.73. The number of alkyl halides is 1. The Hall–Kier alpha value is -2.13. The molecule has 1 aliphatic carbocycles. The molecule has 0 N–H and O–H groups in total. The maximum Gasteiger partial charge on any atom is 0.260 e. The van der Waals surface area contributed by atoms with Crippen LogP contribution in [-0.2, 0) is 9.53 Å². The minimum atomic E-state index is -1.60. The molecule has 0 bridgehead atoms. The van der Waals surface area contributed by atoms with Crippen molar-refractivity contribution in [1.29, 1.82) is 5.26 Å². The van der Waals surface area contributed by atoms with Gasteiger partial charge in [-0.25, -0.2) is 4.39 Å². The van der Waals surface area contributed by atoms with Crippen molar-refractivity contribution in [1.82, 2.24) is 4.90 Å². The van der Waals surface area contributed by atoms with E-state index in [0.717, 1.165) is 0 Å². The van der Waals surface area contributed by atoms with Crippen LogP contribution in [-0.4, -0.2) is 48.9 Å². The SMILES string of the molecule is N#Cc1ccc(OC[C@@H]2CO[C@@H]3CN(C(=O)C4(F)CC4)C[C@H]23)cc1. The fourth-order valence-corrected chi connectivity index (χ4v) is 3.57. The summed E-state index contributed by atoms with van der Waals surface area (Å²) in [5.74, 6) is 0.740. The predicted octanol–water partition coefficient (Wildman–Crippen LogP) is 1.91. The molecule has 1 saturated carbocycles. The number of benzene rings is 1. The topological polar surface area (TPSA) is 62.6 Å². The summed E-state index contributed by atoms with van der Waals surface area (Å²) in [6.07, 6.45) is 0.693. The molecule has 1 amide bonds. The summed E-state index contributed by atoms with van der Waals surface area (Å²) in [4.78, 5) is 13.8. The number of hydrogen-bond donors (Lipinski definition) is 0. The maximum atomic E-state index is 14.0. The van der Waals surface area contributed by atoms with Gasteiger partial charge >= 0.3 is 0 Å². The molecule has 1 aromatic rings. The van der Waals surface area contributed by atoms with Crippen LogP contribution in [0.15, 0.2) is 24.3 Å². The van der Waals surface area contributed by atoms with E-state index in [-0.39, 0.29) is 23.8 Å². The zero-order valence-corrected chi connectivity index (χ0v) is 13.3. The quantitative estimate of drug-likeness (QED) is 0.846. The highest BCUT2D eigenvalue weighted by Gasteiger charge is 2.56. The molecule has 126 valence electrons. The number of nitriles is 1. The van der Waals surface area contributed by atoms with E-state index in [2.05, 4.69) is 6.07 Å². The first-order valence-corrected chi connectivity index (χ1v) is 8.32. The number of hydrogen-bond acceptors (Lipinski definition) is 4. The van der Waals surface area contributed by atoms with E-state index in [1.165, 1.54) is 0 Å². The summed E-state index contributed by atoms with van der Waals surface area (Å²) in [6, 6.07) is 9.05. The molecule has 3 aliphatic rings. The summed E-state index contributed by atoms with van der Waals surface area (Å²) < 4.78 is 25.6. The first-order chi connectivity index (χ1) is 11.6. The van der Waals surface area contributed by atoms with Gasteiger partial charge in [0.05, 0.1) is 31.0 Å². The predicted molar refractivity (Wildman–Crippen MR) is 83.0 cm³/mol. The van der Waals surface area contributed by atoms with E-state index in [9.17, 15) is 9.18 Å². The maximum absolute atomic E-state index is 14.0. The second kappa shape index (κ2) is 5.75. The highest BCUT2D eigenvalue weighted by Crippen LogP contribution is 2.43. The molecule has 0 radical (unpaired) electrons. The van der Waals surface area contributed by atoms with Gasteiger partial charge in [0.2, 0.25) is 0 Å². The molecular weight excluding hydrogens is 311 g/mol. The molecule has 3 fully saturated rings. The number of likely N-dealkylation sites (tertiary alicyclic amines) is 1. The second-order valence-electron chi connectivity index (χ2n) is 6.92. The largest absolute Gasteiger partial charge is 0.493 e. The van der Waals surface area contributed by atoms with Gasteiger partial charge in [-0.1, -0.05) is 0 Å². The number of nitrogens with zero attached hydrogens (tertiary/aromatic N) is 2. The minimum Gasteiger partial charge on any atom is -0.493 e. The zero-order valence-electron chi connectivity index (χ0n) is 13.3. The molecule has 2 heterocycles. The molecular formula is C18H19FN2O3. The van der Waals surface area contributed by atoms with Gasteiger partial charge < -0.3 is 14.4 Å². The Balaban J connectivity index is 1.34. The normalized spacial score (nSPS) is 29.8. The average Bonchev–Trinajstić information content (AvgIpc) is 3.06. The lowest BCUT2D eigenvalue weighted by Gasteiger charge is -2.21. The summed E-state index contributed by atoms with van der Waals surface area (Å²) in [5.41, 5.74) is -1.01. The smallest absolute Gasteiger partial charge is 0.260 e. The van der Waals surface area contributed by atoms with Crippen molar-refractivity contribution in [3.8, 4) is 11.8 Å². The van der Waals surface area contributed by atoms with Crippen LogP contribution in [0, 0.1) is 23.2 Å². The number of rotatable bonds is 4. The minimum absolute atomic E-state index is 0.00846. The molecule has 0 spiro atoms. The van der Waals surface area contributed by atoms with Crippen molar-refractivity contribution in [2.24, 2.45) is 11.8 Å². The fourth-order valence-electron chi connectivity index (χ4n) is 3.57. The number of carbonyl (C=O) groups is 1. The molecule has 2 aliphatic heterocycles. The van der Waals surface area contributed by atoms with E-state index < -0.39 is 5.67 Å². The van der Waals surface area contributed by atoms with Gasteiger partial charge in [0.1, 0.15) is 5.75 Å². The van der Waals surface area contributed by atoms with E-state index in [4.69, 9.17) is 14.7 Å². The molecule has 2 saturated heterocycles. The monoisotopic (exact) mass is 330 g/mol. The highest BCUT2D eigenvalue weighted by molar-refractivity contribution is 5.88. The molecule has 4 rings (SSSR count). The van der Waals surface area contributed by atoms with Gasteiger partial charge in [0, 0.05) is 24.9 Å². The van der Waals surface area contributed by atoms with Gasteiger partial charge in [-0.3, -0.25) is 4.79 Å². The van der Waals surface area contributed by atoms with Crippen LogP contribution in [0.1, 0.15) is 18.4 Å². The summed E-state index contributed by atoms with van der Waals surface area (Å²) in [6.45, 7) is 2.14. The third-order valence-electron chi connectivity index (χ3n) is 5.25. The van der Waals surface area contributed by atoms with Gasteiger partial charge in [-0.15, -0.1) is 0 Å². The lowest BCUT2D eigenvalue weighted by molar-refractivity contribution is -0.138. The number of amides is 1. The van der Waals surface area contributed by atoms with Crippen molar-refractivity contribution < 1.29 is 18.7 Å². The lowest BCUT2D eigenvalue weighted by Crippen LogP contribution is -2.38. The molecule has 24 heavy (non-hydrogen) atoms. The Kier molecular flexibility index (Phi) is 3.69. The number of fused-ring (bicyclic) bond motifs is 1. The lowest BCUT2D eigenvalue weighted by atomic mass is 9.94. The van der Waals surface area contributed by atoms with Crippen LogP contribution in [0.25, 0.3) is 0 Å².